The lowest BCUT2D eigenvalue weighted by atomic mass is 10.4. The smallest absolute Gasteiger partial charge is 0.112 e. The molecule has 4 heteroatoms. The summed E-state index contributed by atoms with van der Waals surface area (Å²) in [4.78, 5) is 4.11. The average Bonchev–Trinajstić information content (AvgIpc) is 2.30. The number of pyridine rings is 1. The number of thiophene rings is 1. The van der Waals surface area contributed by atoms with E-state index in [0.29, 0.717) is 10.7 Å². The molecule has 0 aliphatic rings. The second-order valence-corrected chi connectivity index (χ2v) is 3.31. The maximum absolute atomic E-state index is 5.66. The van der Waals surface area contributed by atoms with Gasteiger partial charge >= 0.3 is 0 Å². The van der Waals surface area contributed by atoms with Gasteiger partial charge in [-0.1, -0.05) is 0 Å². The average molecular weight is 165 g/mol. The minimum Gasteiger partial charge on any atom is -0.395 e. The Morgan fingerprint density at radius 2 is 2.18 bits per heavy atom. The molecule has 56 valence electrons. The Hall–Kier alpha value is -1.29. The van der Waals surface area contributed by atoms with E-state index in [-0.39, 0.29) is 0 Å². The Morgan fingerprint density at radius 1 is 1.36 bits per heavy atom. The van der Waals surface area contributed by atoms with E-state index in [4.69, 9.17) is 11.5 Å². The van der Waals surface area contributed by atoms with E-state index in [1.54, 1.807) is 6.20 Å². The summed E-state index contributed by atoms with van der Waals surface area (Å²) >= 11 is 1.47. The van der Waals surface area contributed by atoms with Crippen LogP contribution in [0.1, 0.15) is 0 Å². The van der Waals surface area contributed by atoms with Gasteiger partial charge in [-0.25, -0.2) is 0 Å². The summed E-state index contributed by atoms with van der Waals surface area (Å²) in [6.07, 6.45) is 1.71. The van der Waals surface area contributed by atoms with Crippen molar-refractivity contribution < 1.29 is 0 Å². The summed E-state index contributed by atoms with van der Waals surface area (Å²) in [5.74, 6) is 0. The fourth-order valence-electron chi connectivity index (χ4n) is 0.965. The largest absolute Gasteiger partial charge is 0.395 e. The number of fused-ring (bicyclic) bond motifs is 1. The molecule has 4 N–H and O–H groups in total. The van der Waals surface area contributed by atoms with E-state index < -0.39 is 0 Å². The first-order valence-electron chi connectivity index (χ1n) is 3.17. The van der Waals surface area contributed by atoms with E-state index in [0.717, 1.165) is 10.2 Å². The number of nitrogens with two attached hydrogens (primary N) is 2. The number of aromatic nitrogens is 1. The van der Waals surface area contributed by atoms with Gasteiger partial charge in [0.15, 0.2) is 0 Å². The molecular formula is C7H7N3S. The third-order valence-corrected chi connectivity index (χ3v) is 2.50. The van der Waals surface area contributed by atoms with Crippen LogP contribution in [0.5, 0.6) is 0 Å². The first kappa shape index (κ1) is 6.42. The lowest BCUT2D eigenvalue weighted by Crippen LogP contribution is -1.89. The van der Waals surface area contributed by atoms with Gasteiger partial charge in [0, 0.05) is 6.20 Å². The summed E-state index contributed by atoms with van der Waals surface area (Å²) in [7, 11) is 0. The second-order valence-electron chi connectivity index (χ2n) is 2.23. The van der Waals surface area contributed by atoms with Crippen LogP contribution in [-0.2, 0) is 0 Å². The molecule has 0 aliphatic heterocycles. The van der Waals surface area contributed by atoms with Crippen LogP contribution >= 0.6 is 11.3 Å². The molecule has 0 amide bonds. The van der Waals surface area contributed by atoms with E-state index in [1.807, 2.05) is 12.1 Å². The molecule has 0 aliphatic carbocycles. The minimum absolute atomic E-state index is 0.602. The molecule has 0 fully saturated rings. The predicted octanol–water partition coefficient (Wildman–Crippen LogP) is 1.46. The number of nitrogen functional groups attached to an aromatic ring is 2. The van der Waals surface area contributed by atoms with Gasteiger partial charge in [-0.3, -0.25) is 4.98 Å². The van der Waals surface area contributed by atoms with Crippen molar-refractivity contribution in [1.82, 2.24) is 4.98 Å². The van der Waals surface area contributed by atoms with Crippen molar-refractivity contribution in [3.05, 3.63) is 18.3 Å². The standard InChI is InChI=1S/C7H7N3S/c8-5-6-4(11-7(5)9)2-1-3-10-6/h1-3H,8-9H2. The number of rotatable bonds is 0. The van der Waals surface area contributed by atoms with Crippen LogP contribution in [0, 0.1) is 0 Å². The molecule has 0 atom stereocenters. The summed E-state index contributed by atoms with van der Waals surface area (Å²) < 4.78 is 1.04. The van der Waals surface area contributed by atoms with Crippen molar-refractivity contribution in [1.29, 1.82) is 0 Å². The maximum atomic E-state index is 5.66. The van der Waals surface area contributed by atoms with E-state index in [1.165, 1.54) is 11.3 Å². The normalized spacial score (nSPS) is 10.5. The van der Waals surface area contributed by atoms with Gasteiger partial charge < -0.3 is 11.5 Å². The van der Waals surface area contributed by atoms with Crippen LogP contribution < -0.4 is 11.5 Å². The van der Waals surface area contributed by atoms with Crippen molar-refractivity contribution in [3.8, 4) is 0 Å². The molecule has 2 rings (SSSR count). The first-order chi connectivity index (χ1) is 5.29. The van der Waals surface area contributed by atoms with E-state index in [9.17, 15) is 0 Å². The molecular weight excluding hydrogens is 158 g/mol. The highest BCUT2D eigenvalue weighted by molar-refractivity contribution is 7.23. The number of hydrogen-bond acceptors (Lipinski definition) is 4. The van der Waals surface area contributed by atoms with Crippen molar-refractivity contribution in [2.24, 2.45) is 0 Å². The fraction of sp³-hybridized carbons (Fsp3) is 0. The zero-order valence-corrected chi connectivity index (χ0v) is 6.56. The lowest BCUT2D eigenvalue weighted by Gasteiger charge is -1.87. The molecule has 0 aromatic carbocycles. The van der Waals surface area contributed by atoms with Crippen LogP contribution in [-0.4, -0.2) is 4.98 Å². The third-order valence-electron chi connectivity index (χ3n) is 1.51. The summed E-state index contributed by atoms with van der Waals surface area (Å²) in [6.45, 7) is 0. The van der Waals surface area contributed by atoms with Gasteiger partial charge in [-0.15, -0.1) is 11.3 Å². The third kappa shape index (κ3) is 0.832. The van der Waals surface area contributed by atoms with Gasteiger partial charge in [0.2, 0.25) is 0 Å². The van der Waals surface area contributed by atoms with Crippen molar-refractivity contribution in [2.45, 2.75) is 0 Å². The van der Waals surface area contributed by atoms with Crippen molar-refractivity contribution in [3.63, 3.8) is 0 Å². The van der Waals surface area contributed by atoms with Crippen LogP contribution in [0.2, 0.25) is 0 Å². The van der Waals surface area contributed by atoms with Gasteiger partial charge in [-0.2, -0.15) is 0 Å². The number of nitrogens with zero attached hydrogens (tertiary/aromatic N) is 1. The Labute approximate surface area is 67.7 Å². The van der Waals surface area contributed by atoms with E-state index in [2.05, 4.69) is 4.98 Å². The summed E-state index contributed by atoms with van der Waals surface area (Å²) in [5.41, 5.74) is 12.7. The molecule has 0 saturated carbocycles. The lowest BCUT2D eigenvalue weighted by molar-refractivity contribution is 1.43. The highest BCUT2D eigenvalue weighted by Gasteiger charge is 2.05. The predicted molar refractivity (Wildman–Crippen MR) is 48.4 cm³/mol. The van der Waals surface area contributed by atoms with Gasteiger partial charge in [0.05, 0.1) is 10.4 Å². The Morgan fingerprint density at radius 3 is 2.91 bits per heavy atom. The Balaban J connectivity index is 2.92. The molecule has 11 heavy (non-hydrogen) atoms. The quantitative estimate of drug-likeness (QED) is 0.621. The molecule has 0 spiro atoms. The van der Waals surface area contributed by atoms with Crippen molar-refractivity contribution >= 4 is 32.2 Å². The van der Waals surface area contributed by atoms with Gasteiger partial charge in [-0.05, 0) is 12.1 Å². The monoisotopic (exact) mass is 165 g/mol. The highest BCUT2D eigenvalue weighted by Crippen LogP contribution is 2.33. The van der Waals surface area contributed by atoms with Crippen LogP contribution in [0.15, 0.2) is 18.3 Å². The molecule has 2 aromatic heterocycles. The number of anilines is 2. The molecule has 2 aromatic rings. The molecule has 0 saturated heterocycles. The van der Waals surface area contributed by atoms with E-state index >= 15 is 0 Å². The molecule has 3 nitrogen and oxygen atoms in total. The zero-order chi connectivity index (χ0) is 7.84. The summed E-state index contributed by atoms with van der Waals surface area (Å²) in [5, 5.41) is 0.652. The summed E-state index contributed by atoms with van der Waals surface area (Å²) in [6, 6.07) is 3.83. The maximum Gasteiger partial charge on any atom is 0.112 e. The topological polar surface area (TPSA) is 64.9 Å². The van der Waals surface area contributed by atoms with Crippen LogP contribution in [0.3, 0.4) is 0 Å². The second kappa shape index (κ2) is 2.10. The molecule has 0 unspecified atom stereocenters. The van der Waals surface area contributed by atoms with Gasteiger partial charge in [0.25, 0.3) is 0 Å². The highest BCUT2D eigenvalue weighted by atomic mass is 32.1. The number of hydrogen-bond donors (Lipinski definition) is 2. The van der Waals surface area contributed by atoms with Crippen LogP contribution in [0.25, 0.3) is 10.2 Å². The van der Waals surface area contributed by atoms with Crippen LogP contribution in [0.4, 0.5) is 10.7 Å². The zero-order valence-electron chi connectivity index (χ0n) is 5.74. The Bertz CT molecular complexity index is 393. The SMILES string of the molecule is Nc1sc2cccnc2c1N. The Kier molecular flexibility index (Phi) is 1.22. The van der Waals surface area contributed by atoms with Gasteiger partial charge in [0.1, 0.15) is 10.5 Å². The minimum atomic E-state index is 0.602. The first-order valence-corrected chi connectivity index (χ1v) is 3.99. The molecule has 0 radical (unpaired) electrons. The van der Waals surface area contributed by atoms with Crippen molar-refractivity contribution in [2.75, 3.05) is 11.5 Å². The molecule has 0 bridgehead atoms. The molecule has 2 heterocycles. The fourth-order valence-corrected chi connectivity index (χ4v) is 1.81.